The first-order valence-corrected chi connectivity index (χ1v) is 14.6. The Labute approximate surface area is 233 Å². The average Bonchev–Trinajstić information content (AvgIpc) is 3.44. The molecule has 0 saturated carbocycles. The predicted octanol–water partition coefficient (Wildman–Crippen LogP) is 10.5. The number of thiophene rings is 1. The van der Waals surface area contributed by atoms with Gasteiger partial charge in [0.25, 0.3) is 0 Å². The monoisotopic (exact) mass is 548 g/mol. The molecule has 2 aromatic carbocycles. The molecule has 38 heavy (non-hydrogen) atoms. The van der Waals surface area contributed by atoms with Crippen molar-refractivity contribution in [1.82, 2.24) is 4.98 Å². The molecule has 4 rings (SSSR count). The Morgan fingerprint density at radius 1 is 0.921 bits per heavy atom. The lowest BCUT2D eigenvalue weighted by Crippen LogP contribution is -2.15. The normalized spacial score (nSPS) is 13.1. The van der Waals surface area contributed by atoms with Gasteiger partial charge in [0.15, 0.2) is 0 Å². The molecule has 0 fully saturated rings. The Balaban J connectivity index is 1.29. The van der Waals surface area contributed by atoms with Gasteiger partial charge in [-0.15, -0.1) is 20.5 Å². The number of fused-ring (bicyclic) bond motifs is 1. The maximum absolute atomic E-state index is 5.92. The van der Waals surface area contributed by atoms with Gasteiger partial charge in [-0.25, -0.2) is 4.98 Å². The van der Waals surface area contributed by atoms with E-state index in [9.17, 15) is 0 Å². The average molecular weight is 549 g/mol. The number of rotatable bonds is 11. The van der Waals surface area contributed by atoms with Gasteiger partial charge in [-0.3, -0.25) is 0 Å². The van der Waals surface area contributed by atoms with Crippen LogP contribution in [0.3, 0.4) is 0 Å². The summed E-state index contributed by atoms with van der Waals surface area (Å²) >= 11 is 2.99. The summed E-state index contributed by atoms with van der Waals surface area (Å²) < 4.78 is 6.95. The SMILES string of the molecule is CCN(C)c1ccc(N=Nc2nc3sc(N=Nc4ccc(OCCC(C)CC(C)(C)C)cc4)cc3s2)cc1. The number of thiazole rings is 1. The van der Waals surface area contributed by atoms with Crippen molar-refractivity contribution in [2.24, 2.45) is 31.8 Å². The van der Waals surface area contributed by atoms with Crippen LogP contribution in [-0.2, 0) is 0 Å². The van der Waals surface area contributed by atoms with Crippen LogP contribution in [0.25, 0.3) is 9.53 Å². The quantitative estimate of drug-likeness (QED) is 0.175. The number of azo groups is 2. The number of benzene rings is 2. The molecule has 4 aromatic rings. The molecule has 2 aromatic heterocycles. The Bertz CT molecular complexity index is 1340. The summed E-state index contributed by atoms with van der Waals surface area (Å²) in [5.74, 6) is 1.50. The van der Waals surface area contributed by atoms with Crippen molar-refractivity contribution >= 4 is 59.4 Å². The maximum Gasteiger partial charge on any atom is 0.231 e. The molecule has 1 atom stereocenters. The fourth-order valence-corrected chi connectivity index (χ4v) is 5.95. The number of hydrogen-bond donors (Lipinski definition) is 0. The van der Waals surface area contributed by atoms with Gasteiger partial charge in [-0.2, -0.15) is 0 Å². The smallest absolute Gasteiger partial charge is 0.231 e. The minimum absolute atomic E-state index is 0.353. The zero-order valence-electron chi connectivity index (χ0n) is 23.0. The van der Waals surface area contributed by atoms with E-state index in [1.165, 1.54) is 29.1 Å². The zero-order chi connectivity index (χ0) is 27.1. The van der Waals surface area contributed by atoms with E-state index in [1.54, 1.807) is 0 Å². The summed E-state index contributed by atoms with van der Waals surface area (Å²) in [6, 6.07) is 17.8. The minimum Gasteiger partial charge on any atom is -0.494 e. The third-order valence-electron chi connectivity index (χ3n) is 6.02. The highest BCUT2D eigenvalue weighted by molar-refractivity contribution is 7.30. The minimum atomic E-state index is 0.353. The van der Waals surface area contributed by atoms with E-state index >= 15 is 0 Å². The van der Waals surface area contributed by atoms with Crippen LogP contribution >= 0.6 is 22.7 Å². The number of hydrogen-bond acceptors (Lipinski definition) is 9. The number of aromatic nitrogens is 1. The highest BCUT2D eigenvalue weighted by Gasteiger charge is 2.15. The molecule has 0 amide bonds. The maximum atomic E-state index is 5.92. The van der Waals surface area contributed by atoms with Crippen LogP contribution in [0.1, 0.15) is 47.5 Å². The van der Waals surface area contributed by atoms with Crippen LogP contribution in [0.15, 0.2) is 75.1 Å². The van der Waals surface area contributed by atoms with Gasteiger partial charge in [0.1, 0.15) is 15.6 Å². The van der Waals surface area contributed by atoms with E-state index in [2.05, 4.69) is 72.0 Å². The lowest BCUT2D eigenvalue weighted by atomic mass is 9.84. The largest absolute Gasteiger partial charge is 0.494 e. The van der Waals surface area contributed by atoms with Gasteiger partial charge < -0.3 is 9.64 Å². The molecule has 0 aliphatic carbocycles. The third kappa shape index (κ3) is 8.16. The molecule has 0 aliphatic rings. The first-order valence-electron chi connectivity index (χ1n) is 13.0. The third-order valence-corrected chi connectivity index (χ3v) is 7.95. The van der Waals surface area contributed by atoms with Crippen LogP contribution in [0, 0.1) is 11.3 Å². The van der Waals surface area contributed by atoms with E-state index in [4.69, 9.17) is 4.74 Å². The van der Waals surface area contributed by atoms with E-state index in [-0.39, 0.29) is 0 Å². The molecule has 2 heterocycles. The van der Waals surface area contributed by atoms with Gasteiger partial charge in [-0.1, -0.05) is 50.4 Å². The zero-order valence-corrected chi connectivity index (χ0v) is 24.6. The summed E-state index contributed by atoms with van der Waals surface area (Å²) in [4.78, 5) is 7.65. The van der Waals surface area contributed by atoms with Crippen molar-refractivity contribution in [2.75, 3.05) is 25.1 Å². The van der Waals surface area contributed by atoms with Crippen LogP contribution in [0.2, 0.25) is 0 Å². The van der Waals surface area contributed by atoms with Crippen LogP contribution < -0.4 is 9.64 Å². The van der Waals surface area contributed by atoms with Gasteiger partial charge >= 0.3 is 0 Å². The summed E-state index contributed by atoms with van der Waals surface area (Å²) in [7, 11) is 2.06. The van der Waals surface area contributed by atoms with E-state index in [1.807, 2.05) is 54.6 Å². The molecule has 7 nitrogen and oxygen atoms in total. The van der Waals surface area contributed by atoms with Crippen LogP contribution in [-0.4, -0.2) is 25.2 Å². The highest BCUT2D eigenvalue weighted by atomic mass is 32.1. The molecule has 1 unspecified atom stereocenters. The summed E-state index contributed by atoms with van der Waals surface area (Å²) in [5, 5.41) is 18.9. The van der Waals surface area contributed by atoms with Crippen LogP contribution in [0.4, 0.5) is 27.2 Å². The summed E-state index contributed by atoms with van der Waals surface area (Å²) in [5.41, 5.74) is 3.10. The van der Waals surface area contributed by atoms with Gasteiger partial charge in [0, 0.05) is 19.3 Å². The lowest BCUT2D eigenvalue weighted by Gasteiger charge is -2.23. The molecule has 0 bridgehead atoms. The van der Waals surface area contributed by atoms with Crippen molar-refractivity contribution in [1.29, 1.82) is 0 Å². The van der Waals surface area contributed by atoms with E-state index < -0.39 is 0 Å². The Kier molecular flexibility index (Phi) is 9.22. The molecular formula is C29H36N6OS2. The van der Waals surface area contributed by atoms with E-state index in [0.717, 1.165) is 56.9 Å². The highest BCUT2D eigenvalue weighted by Crippen LogP contribution is 2.39. The van der Waals surface area contributed by atoms with Crippen molar-refractivity contribution in [3.8, 4) is 5.75 Å². The fraction of sp³-hybridized carbons (Fsp3) is 0.414. The fourth-order valence-electron chi connectivity index (χ4n) is 4.10. The Morgan fingerprint density at radius 2 is 1.58 bits per heavy atom. The van der Waals surface area contributed by atoms with Crippen molar-refractivity contribution in [2.45, 2.75) is 47.5 Å². The first-order chi connectivity index (χ1) is 18.2. The van der Waals surface area contributed by atoms with Crippen molar-refractivity contribution in [3.05, 3.63) is 54.6 Å². The molecule has 0 saturated heterocycles. The number of anilines is 1. The van der Waals surface area contributed by atoms with Gasteiger partial charge in [-0.05, 0) is 85.7 Å². The predicted molar refractivity (Wildman–Crippen MR) is 161 cm³/mol. The van der Waals surface area contributed by atoms with Gasteiger partial charge in [0.05, 0.1) is 22.7 Å². The number of nitrogens with zero attached hydrogens (tertiary/aromatic N) is 6. The Hall–Kier alpha value is -3.17. The van der Waals surface area contributed by atoms with Crippen molar-refractivity contribution in [3.63, 3.8) is 0 Å². The molecule has 0 radical (unpaired) electrons. The second kappa shape index (κ2) is 12.6. The molecule has 0 N–H and O–H groups in total. The second-order valence-electron chi connectivity index (χ2n) is 10.7. The van der Waals surface area contributed by atoms with Crippen molar-refractivity contribution < 1.29 is 4.74 Å². The topological polar surface area (TPSA) is 74.8 Å². The lowest BCUT2D eigenvalue weighted by molar-refractivity contribution is 0.240. The van der Waals surface area contributed by atoms with Crippen LogP contribution in [0.5, 0.6) is 5.75 Å². The summed E-state index contributed by atoms with van der Waals surface area (Å²) in [6.07, 6.45) is 2.25. The molecule has 9 heteroatoms. The molecule has 0 aliphatic heterocycles. The number of ether oxygens (including phenoxy) is 1. The van der Waals surface area contributed by atoms with E-state index in [0.29, 0.717) is 16.5 Å². The van der Waals surface area contributed by atoms with Gasteiger partial charge in [0.2, 0.25) is 5.13 Å². The molecule has 200 valence electrons. The summed E-state index contributed by atoms with van der Waals surface area (Å²) in [6.45, 7) is 12.9. The molecular weight excluding hydrogens is 512 g/mol. The first kappa shape index (κ1) is 27.9. The molecule has 0 spiro atoms. The second-order valence-corrected chi connectivity index (χ2v) is 12.7. The standard InChI is InChI=1S/C29H36N6OS2/c1-7-35(6)23-12-8-21(9-13-23)32-34-28-30-27-25(37-28)18-26(38-27)33-31-22-10-14-24(15-11-22)36-17-16-20(2)19-29(3,4)5/h8-15,18,20H,7,16-17,19H2,1-6H3. The Morgan fingerprint density at radius 3 is 2.21 bits per heavy atom.